The third-order valence-corrected chi connectivity index (χ3v) is 0.366. The molecule has 0 saturated heterocycles. The van der Waals surface area contributed by atoms with Crippen molar-refractivity contribution in [3.05, 3.63) is 0 Å². The molecule has 0 aliphatic carbocycles. The minimum absolute atomic E-state index is 0. The SMILES string of the molecule is O=C(O)C(=O)O.O=C(O)C(=O)O.OB(O)O.[LiH].[LiH]. The van der Waals surface area contributed by atoms with Crippen LogP contribution in [0.25, 0.3) is 0 Å². The Kier molecular flexibility index (Phi) is 30.9. The molecule has 0 bridgehead atoms. The maximum atomic E-state index is 9.10. The zero-order valence-electron chi connectivity index (χ0n) is 7.34. The molecule has 96 valence electrons. The molecular weight excluding hydrogens is 249 g/mol. The Morgan fingerprint density at radius 3 is 0.611 bits per heavy atom. The van der Waals surface area contributed by atoms with Gasteiger partial charge in [-0.25, -0.2) is 19.2 Å². The van der Waals surface area contributed by atoms with Crippen molar-refractivity contribution in [2.75, 3.05) is 0 Å². The van der Waals surface area contributed by atoms with E-state index in [1.165, 1.54) is 0 Å². The predicted molar refractivity (Wildman–Crippen MR) is 57.3 cm³/mol. The van der Waals surface area contributed by atoms with E-state index in [4.69, 9.17) is 54.7 Å². The molecule has 0 aromatic heterocycles. The number of aliphatic carboxylic acids is 4. The van der Waals surface area contributed by atoms with Crippen LogP contribution in [0.1, 0.15) is 0 Å². The van der Waals surface area contributed by atoms with E-state index in [0.717, 1.165) is 0 Å². The van der Waals surface area contributed by atoms with E-state index in [1.807, 2.05) is 0 Å². The van der Waals surface area contributed by atoms with Crippen molar-refractivity contribution in [1.82, 2.24) is 0 Å². The van der Waals surface area contributed by atoms with Crippen LogP contribution in [0.5, 0.6) is 0 Å². The number of carboxylic acids is 4. The molecule has 0 aliphatic heterocycles. The molecule has 0 saturated carbocycles. The van der Waals surface area contributed by atoms with Gasteiger partial charge in [0.1, 0.15) is 0 Å². The Morgan fingerprint density at radius 1 is 0.556 bits per heavy atom. The normalized spacial score (nSPS) is 6.39. The van der Waals surface area contributed by atoms with Crippen LogP contribution in [0, 0.1) is 0 Å². The fourth-order valence-electron chi connectivity index (χ4n) is 0. The van der Waals surface area contributed by atoms with E-state index in [1.54, 1.807) is 0 Å². The first-order valence-electron chi connectivity index (χ1n) is 2.99. The Bertz CT molecular complexity index is 215. The zero-order chi connectivity index (χ0) is 13.9. The summed E-state index contributed by atoms with van der Waals surface area (Å²) >= 11 is 0. The van der Waals surface area contributed by atoms with Gasteiger partial charge in [-0.05, 0) is 0 Å². The van der Waals surface area contributed by atoms with E-state index < -0.39 is 31.2 Å². The summed E-state index contributed by atoms with van der Waals surface area (Å²) in [6, 6.07) is 0. The first-order valence-corrected chi connectivity index (χ1v) is 2.99. The molecular formula is C4H9BLi2O11. The fourth-order valence-corrected chi connectivity index (χ4v) is 0. The summed E-state index contributed by atoms with van der Waals surface area (Å²) in [6.07, 6.45) is 0. The van der Waals surface area contributed by atoms with Gasteiger partial charge in [0.25, 0.3) is 0 Å². The molecule has 18 heavy (non-hydrogen) atoms. The van der Waals surface area contributed by atoms with Gasteiger partial charge in [0.2, 0.25) is 0 Å². The molecule has 0 fully saturated rings. The molecule has 0 spiro atoms. The monoisotopic (exact) mass is 258 g/mol. The van der Waals surface area contributed by atoms with Crippen LogP contribution in [-0.4, -0.2) is 104 Å². The van der Waals surface area contributed by atoms with Crippen LogP contribution in [-0.2, 0) is 19.2 Å². The molecule has 0 aromatic rings. The van der Waals surface area contributed by atoms with Crippen molar-refractivity contribution < 1.29 is 54.7 Å². The molecule has 0 radical (unpaired) electrons. The van der Waals surface area contributed by atoms with Crippen LogP contribution in [0.15, 0.2) is 0 Å². The van der Waals surface area contributed by atoms with Gasteiger partial charge in [-0.3, -0.25) is 0 Å². The van der Waals surface area contributed by atoms with Gasteiger partial charge in [-0.1, -0.05) is 0 Å². The van der Waals surface area contributed by atoms with Crippen LogP contribution in [0.2, 0.25) is 0 Å². The molecule has 0 amide bonds. The van der Waals surface area contributed by atoms with Crippen molar-refractivity contribution >= 4 is 68.9 Å². The third kappa shape index (κ3) is 59.9. The second-order valence-corrected chi connectivity index (χ2v) is 1.57. The Hall–Kier alpha value is -0.980. The van der Waals surface area contributed by atoms with Gasteiger partial charge in [0, 0.05) is 0 Å². The first-order chi connectivity index (χ1) is 7.02. The van der Waals surface area contributed by atoms with E-state index in [-0.39, 0.29) is 37.7 Å². The number of rotatable bonds is 0. The topological polar surface area (TPSA) is 210 Å². The van der Waals surface area contributed by atoms with Crippen LogP contribution < -0.4 is 0 Å². The summed E-state index contributed by atoms with van der Waals surface area (Å²) in [6.45, 7) is 0. The first kappa shape index (κ1) is 30.2. The Labute approximate surface area is 124 Å². The quantitative estimate of drug-likeness (QED) is 0.161. The zero-order valence-corrected chi connectivity index (χ0v) is 7.34. The molecule has 0 unspecified atom stereocenters. The average molecular weight is 258 g/mol. The number of hydrogen-bond donors (Lipinski definition) is 7. The molecule has 0 atom stereocenters. The van der Waals surface area contributed by atoms with Crippen LogP contribution >= 0.6 is 0 Å². The van der Waals surface area contributed by atoms with E-state index in [9.17, 15) is 0 Å². The van der Waals surface area contributed by atoms with Crippen LogP contribution in [0.4, 0.5) is 0 Å². The molecule has 0 heterocycles. The van der Waals surface area contributed by atoms with Crippen molar-refractivity contribution in [2.24, 2.45) is 0 Å². The fraction of sp³-hybridized carbons (Fsp3) is 0. The summed E-state index contributed by atoms with van der Waals surface area (Å²) in [4.78, 5) is 36.4. The van der Waals surface area contributed by atoms with Gasteiger partial charge < -0.3 is 35.5 Å². The number of hydrogen-bond acceptors (Lipinski definition) is 7. The molecule has 7 N–H and O–H groups in total. The standard InChI is InChI=1S/2C2H2O4.BH3O3.2Li.2H/c2*3-1(4)2(5)6;2-1(3)4;;;;/h2*(H,3,4)(H,5,6);2-4H;;;;. The predicted octanol–water partition coefficient (Wildman–Crippen LogP) is -5.04. The molecule has 0 aliphatic rings. The summed E-state index contributed by atoms with van der Waals surface area (Å²) in [7, 11) is -2.17. The number of carbonyl (C=O) groups is 4. The molecule has 0 rings (SSSR count). The maximum absolute atomic E-state index is 9.10. The summed E-state index contributed by atoms with van der Waals surface area (Å²) in [5.74, 6) is -7.30. The Balaban J connectivity index is -0.0000000454. The van der Waals surface area contributed by atoms with Crippen molar-refractivity contribution in [2.45, 2.75) is 0 Å². The summed E-state index contributed by atoms with van der Waals surface area (Å²) < 4.78 is 0. The van der Waals surface area contributed by atoms with Gasteiger partial charge in [0.05, 0.1) is 0 Å². The Morgan fingerprint density at radius 2 is 0.611 bits per heavy atom. The van der Waals surface area contributed by atoms with Gasteiger partial charge in [-0.15, -0.1) is 0 Å². The van der Waals surface area contributed by atoms with E-state index in [2.05, 4.69) is 0 Å². The van der Waals surface area contributed by atoms with Crippen molar-refractivity contribution in [3.63, 3.8) is 0 Å². The minimum atomic E-state index is -2.17. The van der Waals surface area contributed by atoms with Crippen molar-refractivity contribution in [1.29, 1.82) is 0 Å². The number of carboxylic acid groups (broad SMARTS) is 4. The molecule has 14 heteroatoms. The second kappa shape index (κ2) is 18.4. The molecule has 11 nitrogen and oxygen atoms in total. The van der Waals surface area contributed by atoms with Crippen LogP contribution in [0.3, 0.4) is 0 Å². The van der Waals surface area contributed by atoms with Gasteiger partial charge in [-0.2, -0.15) is 0 Å². The van der Waals surface area contributed by atoms with E-state index >= 15 is 0 Å². The van der Waals surface area contributed by atoms with Crippen molar-refractivity contribution in [3.8, 4) is 0 Å². The van der Waals surface area contributed by atoms with E-state index in [0.29, 0.717) is 0 Å². The van der Waals surface area contributed by atoms with Gasteiger partial charge >= 0.3 is 68.9 Å². The third-order valence-electron chi connectivity index (χ3n) is 0.366. The summed E-state index contributed by atoms with van der Waals surface area (Å²) in [5.41, 5.74) is 0. The second-order valence-electron chi connectivity index (χ2n) is 1.57. The molecule has 0 aromatic carbocycles. The average Bonchev–Trinajstić information content (AvgIpc) is 2.03. The van der Waals surface area contributed by atoms with Gasteiger partial charge in [0.15, 0.2) is 0 Å². The summed E-state index contributed by atoms with van der Waals surface area (Å²) in [5, 5.41) is 51.1.